The second-order valence-electron chi connectivity index (χ2n) is 5.00. The van der Waals surface area contributed by atoms with Crippen molar-refractivity contribution in [1.29, 1.82) is 0 Å². The molecule has 1 aromatic rings. The molecule has 1 rings (SSSR count). The van der Waals surface area contributed by atoms with Crippen LogP contribution in [0.3, 0.4) is 0 Å². The monoisotopic (exact) mass is 273 g/mol. The van der Waals surface area contributed by atoms with Crippen LogP contribution >= 0.6 is 11.5 Å². The average Bonchev–Trinajstić information content (AvgIpc) is 2.67. The van der Waals surface area contributed by atoms with E-state index < -0.39 is 0 Å². The highest BCUT2D eigenvalue weighted by molar-refractivity contribution is 7.11. The zero-order chi connectivity index (χ0) is 13.6. The molecule has 0 unspecified atom stereocenters. The quantitative estimate of drug-likeness (QED) is 0.677. The minimum Gasteiger partial charge on any atom is -0.487 e. The van der Waals surface area contributed by atoms with Crippen LogP contribution in [-0.4, -0.2) is 29.2 Å². The van der Waals surface area contributed by atoms with Crippen molar-refractivity contribution in [3.63, 3.8) is 0 Å². The molecule has 1 heterocycles. The van der Waals surface area contributed by atoms with Gasteiger partial charge in [0.25, 0.3) is 0 Å². The fraction of sp³-hybridized carbons (Fsp3) is 0.750. The first-order valence-corrected chi connectivity index (χ1v) is 7.00. The molecule has 5 nitrogen and oxygen atoms in total. The van der Waals surface area contributed by atoms with E-state index in [0.717, 1.165) is 24.4 Å². The third-order valence-electron chi connectivity index (χ3n) is 2.70. The van der Waals surface area contributed by atoms with Gasteiger partial charge >= 0.3 is 0 Å². The van der Waals surface area contributed by atoms with E-state index in [1.807, 2.05) is 6.92 Å². The SMILES string of the molecule is CCOc1c(N)nsc1NCC(C)(C)CCCO. The van der Waals surface area contributed by atoms with Crippen LogP contribution in [0.5, 0.6) is 5.75 Å². The number of nitrogen functional groups attached to an aromatic ring is 1. The van der Waals surface area contributed by atoms with Crippen molar-refractivity contribution in [2.24, 2.45) is 5.41 Å². The maximum Gasteiger partial charge on any atom is 0.197 e. The third-order valence-corrected chi connectivity index (χ3v) is 3.50. The average molecular weight is 273 g/mol. The molecule has 0 radical (unpaired) electrons. The van der Waals surface area contributed by atoms with Gasteiger partial charge in [0, 0.05) is 13.2 Å². The van der Waals surface area contributed by atoms with Crippen LogP contribution in [-0.2, 0) is 0 Å². The lowest BCUT2D eigenvalue weighted by Gasteiger charge is -2.24. The Morgan fingerprint density at radius 2 is 2.22 bits per heavy atom. The second-order valence-corrected chi connectivity index (χ2v) is 5.78. The zero-order valence-electron chi connectivity index (χ0n) is 11.3. The van der Waals surface area contributed by atoms with Crippen molar-refractivity contribution in [2.75, 3.05) is 30.8 Å². The summed E-state index contributed by atoms with van der Waals surface area (Å²) >= 11 is 1.32. The van der Waals surface area contributed by atoms with Crippen molar-refractivity contribution in [3.05, 3.63) is 0 Å². The van der Waals surface area contributed by atoms with Crippen molar-refractivity contribution in [1.82, 2.24) is 4.37 Å². The van der Waals surface area contributed by atoms with Crippen molar-refractivity contribution < 1.29 is 9.84 Å². The first kappa shape index (κ1) is 15.0. The summed E-state index contributed by atoms with van der Waals surface area (Å²) in [6.07, 6.45) is 1.78. The number of aliphatic hydroxyl groups is 1. The van der Waals surface area contributed by atoms with Crippen LogP contribution in [0.1, 0.15) is 33.6 Å². The van der Waals surface area contributed by atoms with Gasteiger partial charge in [0.15, 0.2) is 16.6 Å². The summed E-state index contributed by atoms with van der Waals surface area (Å²) in [5.74, 6) is 1.10. The van der Waals surface area contributed by atoms with E-state index in [1.54, 1.807) is 0 Å². The van der Waals surface area contributed by atoms with E-state index in [4.69, 9.17) is 15.6 Å². The maximum atomic E-state index is 8.87. The van der Waals surface area contributed by atoms with Crippen LogP contribution in [0.4, 0.5) is 10.8 Å². The fourth-order valence-electron chi connectivity index (χ4n) is 1.66. The van der Waals surface area contributed by atoms with Gasteiger partial charge in [-0.25, -0.2) is 0 Å². The lowest BCUT2D eigenvalue weighted by molar-refractivity contribution is 0.248. The van der Waals surface area contributed by atoms with Crippen LogP contribution in [0.25, 0.3) is 0 Å². The molecule has 18 heavy (non-hydrogen) atoms. The van der Waals surface area contributed by atoms with E-state index in [2.05, 4.69) is 23.5 Å². The highest BCUT2D eigenvalue weighted by atomic mass is 32.1. The standard InChI is InChI=1S/C12H23N3O2S/c1-4-17-9-10(13)15-18-11(9)14-8-12(2,3)6-5-7-16/h14,16H,4-8H2,1-3H3,(H2,13,15). The highest BCUT2D eigenvalue weighted by Crippen LogP contribution is 2.36. The number of ether oxygens (including phenoxy) is 1. The normalized spacial score (nSPS) is 11.6. The number of hydrogen-bond acceptors (Lipinski definition) is 6. The number of nitrogens with two attached hydrogens (primary N) is 1. The molecule has 0 bridgehead atoms. The van der Waals surface area contributed by atoms with Gasteiger partial charge in [-0.2, -0.15) is 4.37 Å². The Labute approximate surface area is 113 Å². The summed E-state index contributed by atoms with van der Waals surface area (Å²) in [4.78, 5) is 0. The largest absolute Gasteiger partial charge is 0.487 e. The van der Waals surface area contributed by atoms with Gasteiger partial charge in [0.05, 0.1) is 6.61 Å². The molecule has 0 atom stereocenters. The molecule has 0 saturated carbocycles. The molecule has 0 aliphatic rings. The maximum absolute atomic E-state index is 8.87. The summed E-state index contributed by atoms with van der Waals surface area (Å²) < 4.78 is 9.56. The molecule has 0 aliphatic carbocycles. The minimum absolute atomic E-state index is 0.116. The van der Waals surface area contributed by atoms with Gasteiger partial charge in [-0.15, -0.1) is 0 Å². The minimum atomic E-state index is 0.116. The number of aromatic nitrogens is 1. The zero-order valence-corrected chi connectivity index (χ0v) is 12.1. The molecule has 0 amide bonds. The molecule has 0 aromatic carbocycles. The van der Waals surface area contributed by atoms with Gasteiger partial charge in [-0.05, 0) is 36.7 Å². The molecular formula is C12H23N3O2S. The summed E-state index contributed by atoms with van der Waals surface area (Å²) in [6, 6.07) is 0. The molecule has 1 aromatic heterocycles. The van der Waals surface area contributed by atoms with Crippen LogP contribution in [0, 0.1) is 5.41 Å². The Morgan fingerprint density at radius 3 is 2.83 bits per heavy atom. The Hall–Kier alpha value is -1.01. The molecule has 0 aliphatic heterocycles. The topological polar surface area (TPSA) is 80.4 Å². The number of nitrogens with one attached hydrogen (secondary N) is 1. The first-order chi connectivity index (χ1) is 8.50. The first-order valence-electron chi connectivity index (χ1n) is 6.23. The van der Waals surface area contributed by atoms with Crippen LogP contribution in [0.2, 0.25) is 0 Å². The lowest BCUT2D eigenvalue weighted by Crippen LogP contribution is -2.23. The predicted molar refractivity (Wildman–Crippen MR) is 76.3 cm³/mol. The Bertz CT molecular complexity index is 366. The van der Waals surface area contributed by atoms with E-state index in [0.29, 0.717) is 18.2 Å². The summed E-state index contributed by atoms with van der Waals surface area (Å²) in [5, 5.41) is 13.1. The third kappa shape index (κ3) is 4.34. The summed E-state index contributed by atoms with van der Waals surface area (Å²) in [6.45, 7) is 7.87. The Kier molecular flexibility index (Phi) is 5.68. The molecule has 6 heteroatoms. The number of rotatable bonds is 8. The van der Waals surface area contributed by atoms with Gasteiger partial charge in [0.1, 0.15) is 0 Å². The van der Waals surface area contributed by atoms with Gasteiger partial charge in [-0.1, -0.05) is 13.8 Å². The molecule has 0 fully saturated rings. The summed E-state index contributed by atoms with van der Waals surface area (Å²) in [7, 11) is 0. The van der Waals surface area contributed by atoms with E-state index in [9.17, 15) is 0 Å². The second kappa shape index (κ2) is 6.80. The fourth-order valence-corrected chi connectivity index (χ4v) is 2.31. The number of hydrogen-bond donors (Lipinski definition) is 3. The van der Waals surface area contributed by atoms with Gasteiger partial charge in [-0.3, -0.25) is 0 Å². The van der Waals surface area contributed by atoms with Crippen molar-refractivity contribution in [2.45, 2.75) is 33.6 Å². The molecule has 104 valence electrons. The smallest absolute Gasteiger partial charge is 0.197 e. The van der Waals surface area contributed by atoms with Crippen molar-refractivity contribution >= 4 is 22.4 Å². The van der Waals surface area contributed by atoms with E-state index in [1.165, 1.54) is 11.5 Å². The number of aliphatic hydroxyl groups excluding tert-OH is 1. The lowest BCUT2D eigenvalue weighted by atomic mass is 9.88. The number of nitrogens with zero attached hydrogens (tertiary/aromatic N) is 1. The molecule has 0 spiro atoms. The molecule has 0 saturated heterocycles. The predicted octanol–water partition coefficient (Wildman–Crippen LogP) is 2.33. The molecule has 4 N–H and O–H groups in total. The number of anilines is 2. The van der Waals surface area contributed by atoms with Gasteiger partial charge in [0.2, 0.25) is 0 Å². The molecular weight excluding hydrogens is 250 g/mol. The highest BCUT2D eigenvalue weighted by Gasteiger charge is 2.19. The van der Waals surface area contributed by atoms with Crippen molar-refractivity contribution in [3.8, 4) is 5.75 Å². The Balaban J connectivity index is 2.57. The van der Waals surface area contributed by atoms with Gasteiger partial charge < -0.3 is 20.9 Å². The van der Waals surface area contributed by atoms with Crippen LogP contribution < -0.4 is 15.8 Å². The van der Waals surface area contributed by atoms with E-state index >= 15 is 0 Å². The Morgan fingerprint density at radius 1 is 1.50 bits per heavy atom. The summed E-state index contributed by atoms with van der Waals surface area (Å²) in [5.41, 5.74) is 5.86. The van der Waals surface area contributed by atoms with Crippen LogP contribution in [0.15, 0.2) is 0 Å². The van der Waals surface area contributed by atoms with E-state index in [-0.39, 0.29) is 12.0 Å².